The van der Waals surface area contributed by atoms with Gasteiger partial charge in [-0.2, -0.15) is 0 Å². The van der Waals surface area contributed by atoms with E-state index in [1.165, 1.54) is 6.07 Å². The van der Waals surface area contributed by atoms with Crippen LogP contribution in [0.4, 0.5) is 4.39 Å². The van der Waals surface area contributed by atoms with Gasteiger partial charge in [0.2, 0.25) is 0 Å². The third-order valence-corrected chi connectivity index (χ3v) is 4.51. The van der Waals surface area contributed by atoms with Crippen molar-refractivity contribution >= 4 is 0 Å². The summed E-state index contributed by atoms with van der Waals surface area (Å²) in [5.74, 6) is -0.234. The van der Waals surface area contributed by atoms with Crippen LogP contribution in [-0.4, -0.2) is 46.1 Å². The number of halogens is 1. The van der Waals surface area contributed by atoms with Crippen LogP contribution >= 0.6 is 0 Å². The maximum atomic E-state index is 13.9. The van der Waals surface area contributed by atoms with Crippen molar-refractivity contribution in [3.8, 4) is 0 Å². The first-order valence-electron chi connectivity index (χ1n) is 8.01. The Morgan fingerprint density at radius 1 is 1.26 bits per heavy atom. The summed E-state index contributed by atoms with van der Waals surface area (Å²) in [7, 11) is 0. The molecule has 1 unspecified atom stereocenters. The summed E-state index contributed by atoms with van der Waals surface area (Å²) >= 11 is 0. The molecule has 1 fully saturated rings. The molecule has 2 aromatic rings. The lowest BCUT2D eigenvalue weighted by atomic mass is 10.1. The fourth-order valence-corrected chi connectivity index (χ4v) is 3.19. The van der Waals surface area contributed by atoms with E-state index >= 15 is 0 Å². The van der Waals surface area contributed by atoms with Gasteiger partial charge in [-0.25, -0.2) is 9.07 Å². The van der Waals surface area contributed by atoms with Crippen LogP contribution in [-0.2, 0) is 24.4 Å². The van der Waals surface area contributed by atoms with Gasteiger partial charge in [0.25, 0.3) is 0 Å². The normalized spacial score (nSPS) is 22.0. The van der Waals surface area contributed by atoms with Crippen LogP contribution in [0.25, 0.3) is 0 Å². The van der Waals surface area contributed by atoms with Crippen LogP contribution in [0, 0.1) is 5.82 Å². The van der Waals surface area contributed by atoms with Crippen molar-refractivity contribution in [1.82, 2.24) is 25.2 Å². The molecule has 1 saturated heterocycles. The first-order chi connectivity index (χ1) is 11.3. The molecule has 2 aliphatic heterocycles. The summed E-state index contributed by atoms with van der Waals surface area (Å²) in [6, 6.07) is 6.75. The number of rotatable bonds is 3. The van der Waals surface area contributed by atoms with Crippen molar-refractivity contribution in [3.05, 3.63) is 47.0 Å². The Bertz CT molecular complexity index is 683. The first-order valence-corrected chi connectivity index (χ1v) is 8.01. The van der Waals surface area contributed by atoms with Crippen LogP contribution in [0.1, 0.15) is 23.1 Å². The lowest BCUT2D eigenvalue weighted by molar-refractivity contribution is -0.00410. The summed E-state index contributed by atoms with van der Waals surface area (Å²) in [5, 5.41) is 11.9. The summed E-state index contributed by atoms with van der Waals surface area (Å²) < 4.78 is 21.7. The van der Waals surface area contributed by atoms with Gasteiger partial charge in [-0.3, -0.25) is 4.90 Å². The number of hydrogen-bond donors (Lipinski definition) is 1. The van der Waals surface area contributed by atoms with Crippen LogP contribution in [0.3, 0.4) is 0 Å². The summed E-state index contributed by atoms with van der Waals surface area (Å²) in [5.41, 5.74) is 2.56. The summed E-state index contributed by atoms with van der Waals surface area (Å²) in [6.45, 7) is 5.78. The molecular weight excluding hydrogens is 297 g/mol. The Balaban J connectivity index is 1.50. The van der Waals surface area contributed by atoms with Crippen LogP contribution in [0.15, 0.2) is 24.3 Å². The number of nitrogens with zero attached hydrogens (tertiary/aromatic N) is 4. The highest BCUT2D eigenvalue weighted by Gasteiger charge is 2.27. The van der Waals surface area contributed by atoms with Crippen molar-refractivity contribution in [1.29, 1.82) is 0 Å². The van der Waals surface area contributed by atoms with Crippen LogP contribution in [0.5, 0.6) is 0 Å². The van der Waals surface area contributed by atoms with E-state index in [1.807, 2.05) is 10.7 Å². The van der Waals surface area contributed by atoms with Gasteiger partial charge in [-0.05, 0) is 6.07 Å². The second-order valence-corrected chi connectivity index (χ2v) is 6.01. The Morgan fingerprint density at radius 3 is 2.91 bits per heavy atom. The van der Waals surface area contributed by atoms with Gasteiger partial charge >= 0.3 is 0 Å². The topological polar surface area (TPSA) is 55.2 Å². The van der Waals surface area contributed by atoms with Gasteiger partial charge in [-0.1, -0.05) is 23.4 Å². The highest BCUT2D eigenvalue weighted by molar-refractivity contribution is 5.21. The number of nitrogens with one attached hydrogen (secondary N) is 1. The summed E-state index contributed by atoms with van der Waals surface area (Å²) in [6.07, 6.45) is -0.308. The SMILES string of the molecule is Fc1ccccc1C1Cn2nnc(CN3CCNCC3)c2CO1. The van der Waals surface area contributed by atoms with E-state index in [0.29, 0.717) is 18.7 Å². The number of ether oxygens (including phenoxy) is 1. The van der Waals surface area contributed by atoms with Crippen molar-refractivity contribution < 1.29 is 9.13 Å². The van der Waals surface area contributed by atoms with E-state index in [9.17, 15) is 4.39 Å². The molecule has 2 aliphatic rings. The molecular formula is C16H20FN5O. The minimum Gasteiger partial charge on any atom is -0.365 e. The molecule has 1 N–H and O–H groups in total. The van der Waals surface area contributed by atoms with Gasteiger partial charge in [0.1, 0.15) is 17.6 Å². The quantitative estimate of drug-likeness (QED) is 0.918. The molecule has 0 bridgehead atoms. The molecule has 0 spiro atoms. The molecule has 0 amide bonds. The average Bonchev–Trinajstić information content (AvgIpc) is 2.98. The van der Waals surface area contributed by atoms with E-state index in [-0.39, 0.29) is 11.9 Å². The Labute approximate surface area is 134 Å². The van der Waals surface area contributed by atoms with Gasteiger partial charge in [-0.15, -0.1) is 5.10 Å². The second-order valence-electron chi connectivity index (χ2n) is 6.01. The largest absolute Gasteiger partial charge is 0.365 e. The zero-order valence-electron chi connectivity index (χ0n) is 12.9. The number of aromatic nitrogens is 3. The molecule has 0 radical (unpaired) electrons. The van der Waals surface area contributed by atoms with Crippen LogP contribution in [0.2, 0.25) is 0 Å². The minimum atomic E-state index is -0.308. The zero-order valence-corrected chi connectivity index (χ0v) is 12.9. The predicted octanol–water partition coefficient (Wildman–Crippen LogP) is 1.09. The second kappa shape index (κ2) is 6.35. The average molecular weight is 317 g/mol. The minimum absolute atomic E-state index is 0.234. The molecule has 1 atom stereocenters. The van der Waals surface area contributed by atoms with Gasteiger partial charge < -0.3 is 10.1 Å². The Hall–Kier alpha value is -1.83. The molecule has 1 aromatic heterocycles. The van der Waals surface area contributed by atoms with Crippen LogP contribution < -0.4 is 5.32 Å². The van der Waals surface area contributed by atoms with Gasteiger partial charge in [0.15, 0.2) is 0 Å². The van der Waals surface area contributed by atoms with Crippen molar-refractivity contribution in [2.45, 2.75) is 25.8 Å². The maximum absolute atomic E-state index is 13.9. The molecule has 0 saturated carbocycles. The van der Waals surface area contributed by atoms with E-state index in [2.05, 4.69) is 20.5 Å². The smallest absolute Gasteiger partial charge is 0.129 e. The fraction of sp³-hybridized carbons (Fsp3) is 0.500. The maximum Gasteiger partial charge on any atom is 0.129 e. The van der Waals surface area contributed by atoms with Gasteiger partial charge in [0, 0.05) is 38.3 Å². The number of benzene rings is 1. The predicted molar refractivity (Wildman–Crippen MR) is 82.1 cm³/mol. The monoisotopic (exact) mass is 317 g/mol. The lowest BCUT2D eigenvalue weighted by Gasteiger charge is -2.28. The molecule has 23 heavy (non-hydrogen) atoms. The van der Waals surface area contributed by atoms with E-state index in [4.69, 9.17) is 4.74 Å². The molecule has 3 heterocycles. The molecule has 7 heteroatoms. The van der Waals surface area contributed by atoms with E-state index in [0.717, 1.165) is 44.1 Å². The Kier molecular flexibility index (Phi) is 4.07. The molecule has 6 nitrogen and oxygen atoms in total. The fourth-order valence-electron chi connectivity index (χ4n) is 3.19. The highest BCUT2D eigenvalue weighted by Crippen LogP contribution is 2.28. The molecule has 122 valence electrons. The van der Waals surface area contributed by atoms with Crippen molar-refractivity contribution in [2.75, 3.05) is 26.2 Å². The number of hydrogen-bond acceptors (Lipinski definition) is 5. The van der Waals surface area contributed by atoms with Crippen molar-refractivity contribution in [2.24, 2.45) is 0 Å². The molecule has 1 aromatic carbocycles. The van der Waals surface area contributed by atoms with Gasteiger partial charge in [0.05, 0.1) is 18.8 Å². The van der Waals surface area contributed by atoms with Crippen molar-refractivity contribution in [3.63, 3.8) is 0 Å². The molecule has 0 aliphatic carbocycles. The highest BCUT2D eigenvalue weighted by atomic mass is 19.1. The third kappa shape index (κ3) is 2.99. The zero-order chi connectivity index (χ0) is 15.6. The number of fused-ring (bicyclic) bond motifs is 1. The summed E-state index contributed by atoms with van der Waals surface area (Å²) in [4.78, 5) is 2.37. The lowest BCUT2D eigenvalue weighted by Crippen LogP contribution is -2.43. The van der Waals surface area contributed by atoms with E-state index in [1.54, 1.807) is 12.1 Å². The Morgan fingerprint density at radius 2 is 2.09 bits per heavy atom. The first kappa shape index (κ1) is 14.7. The third-order valence-electron chi connectivity index (χ3n) is 4.51. The number of piperazine rings is 1. The molecule has 4 rings (SSSR count). The van der Waals surface area contributed by atoms with E-state index < -0.39 is 0 Å². The standard InChI is InChI=1S/C16H20FN5O/c17-13-4-2-1-3-12(13)16-10-22-15(11-23-16)14(19-20-22)9-21-7-5-18-6-8-21/h1-4,16,18H,5-11H2.